The van der Waals surface area contributed by atoms with Crippen molar-refractivity contribution >= 4 is 0 Å². The summed E-state index contributed by atoms with van der Waals surface area (Å²) < 4.78 is 0. The highest BCUT2D eigenvalue weighted by molar-refractivity contribution is 5.28. The molecule has 1 heterocycles. The number of nitrogens with one attached hydrogen (secondary N) is 1. The zero-order valence-corrected chi connectivity index (χ0v) is 9.14. The highest BCUT2D eigenvalue weighted by Crippen LogP contribution is 2.31. The van der Waals surface area contributed by atoms with E-state index in [9.17, 15) is 0 Å². The van der Waals surface area contributed by atoms with E-state index in [4.69, 9.17) is 0 Å². The molecule has 1 aliphatic rings. The van der Waals surface area contributed by atoms with E-state index in [0.717, 1.165) is 6.42 Å². The minimum atomic E-state index is 0.557. The van der Waals surface area contributed by atoms with Crippen LogP contribution >= 0.6 is 0 Å². The quantitative estimate of drug-likeness (QED) is 0.771. The predicted octanol–water partition coefficient (Wildman–Crippen LogP) is 2.94. The van der Waals surface area contributed by atoms with Gasteiger partial charge in [0, 0.05) is 12.1 Å². The molecule has 3 rings (SSSR count). The van der Waals surface area contributed by atoms with Crippen LogP contribution < -0.4 is 5.32 Å². The summed E-state index contributed by atoms with van der Waals surface area (Å²) in [7, 11) is 0. The maximum absolute atomic E-state index is 3.53. The number of benzene rings is 2. The Balaban J connectivity index is 1.65. The number of rotatable bonds is 3. The van der Waals surface area contributed by atoms with Crippen molar-refractivity contribution in [3.05, 3.63) is 71.8 Å². The van der Waals surface area contributed by atoms with Crippen LogP contribution in [-0.2, 0) is 6.42 Å². The molecule has 0 saturated carbocycles. The molecule has 0 amide bonds. The first-order valence-corrected chi connectivity index (χ1v) is 5.78. The van der Waals surface area contributed by atoms with Gasteiger partial charge < -0.3 is 5.32 Å². The van der Waals surface area contributed by atoms with Gasteiger partial charge in [-0.1, -0.05) is 60.7 Å². The van der Waals surface area contributed by atoms with Crippen LogP contribution in [0.4, 0.5) is 0 Å². The Kier molecular flexibility index (Phi) is 2.47. The van der Waals surface area contributed by atoms with E-state index in [1.807, 2.05) is 0 Å². The Morgan fingerprint density at radius 2 is 1.44 bits per heavy atom. The third-order valence-electron chi connectivity index (χ3n) is 3.14. The molecule has 0 bridgehead atoms. The Morgan fingerprint density at radius 3 is 2.12 bits per heavy atom. The van der Waals surface area contributed by atoms with Gasteiger partial charge >= 0.3 is 0 Å². The maximum Gasteiger partial charge on any atom is 0.0482 e. The van der Waals surface area contributed by atoms with Gasteiger partial charge in [-0.05, 0) is 17.5 Å². The van der Waals surface area contributed by atoms with Crippen LogP contribution in [0.2, 0.25) is 0 Å². The lowest BCUT2D eigenvalue weighted by molar-refractivity contribution is 0.902. The second-order valence-corrected chi connectivity index (χ2v) is 4.35. The van der Waals surface area contributed by atoms with Gasteiger partial charge in [-0.25, -0.2) is 0 Å². The fraction of sp³-hybridized carbons (Fsp3) is 0.200. The van der Waals surface area contributed by atoms with Crippen LogP contribution in [-0.4, -0.2) is 6.04 Å². The molecular formula is C15H15N. The molecule has 1 nitrogen and oxygen atoms in total. The molecule has 1 fully saturated rings. The van der Waals surface area contributed by atoms with Gasteiger partial charge in [-0.15, -0.1) is 0 Å². The van der Waals surface area contributed by atoms with E-state index >= 15 is 0 Å². The average Bonchev–Trinajstić information content (AvgIpc) is 3.11. The fourth-order valence-electron chi connectivity index (χ4n) is 2.21. The van der Waals surface area contributed by atoms with Crippen LogP contribution in [0.5, 0.6) is 0 Å². The molecule has 2 aromatic carbocycles. The Hall–Kier alpha value is -1.60. The Morgan fingerprint density at radius 1 is 0.812 bits per heavy atom. The largest absolute Gasteiger partial charge is 0.304 e. The van der Waals surface area contributed by atoms with Crippen molar-refractivity contribution in [3.63, 3.8) is 0 Å². The van der Waals surface area contributed by atoms with Crippen molar-refractivity contribution in [2.75, 3.05) is 0 Å². The van der Waals surface area contributed by atoms with Crippen molar-refractivity contribution in [1.29, 1.82) is 0 Å². The average molecular weight is 209 g/mol. The molecule has 1 saturated heterocycles. The summed E-state index contributed by atoms with van der Waals surface area (Å²) in [6.07, 6.45) is 1.13. The SMILES string of the molecule is c1ccc(CC2NC2c2ccccc2)cc1. The molecular weight excluding hydrogens is 194 g/mol. The van der Waals surface area contributed by atoms with Gasteiger partial charge in [0.25, 0.3) is 0 Å². The maximum atomic E-state index is 3.53. The summed E-state index contributed by atoms with van der Waals surface area (Å²) in [6, 6.07) is 22.5. The van der Waals surface area contributed by atoms with Crippen molar-refractivity contribution in [2.24, 2.45) is 0 Å². The number of hydrogen-bond donors (Lipinski definition) is 1. The van der Waals surface area contributed by atoms with E-state index in [0.29, 0.717) is 12.1 Å². The summed E-state index contributed by atoms with van der Waals surface area (Å²) in [6.45, 7) is 0. The van der Waals surface area contributed by atoms with Crippen molar-refractivity contribution in [1.82, 2.24) is 5.32 Å². The van der Waals surface area contributed by atoms with Crippen LogP contribution in [0.25, 0.3) is 0 Å². The van der Waals surface area contributed by atoms with Gasteiger partial charge in [0.15, 0.2) is 0 Å². The van der Waals surface area contributed by atoms with Crippen LogP contribution in [0.1, 0.15) is 17.2 Å². The third-order valence-corrected chi connectivity index (χ3v) is 3.14. The summed E-state index contributed by atoms with van der Waals surface area (Å²) in [5.41, 5.74) is 2.82. The molecule has 80 valence electrons. The fourth-order valence-corrected chi connectivity index (χ4v) is 2.21. The van der Waals surface area contributed by atoms with Crippen LogP contribution in [0.3, 0.4) is 0 Å². The highest BCUT2D eigenvalue weighted by atomic mass is 15.1. The van der Waals surface area contributed by atoms with E-state index in [-0.39, 0.29) is 0 Å². The third kappa shape index (κ3) is 2.00. The topological polar surface area (TPSA) is 21.9 Å². The van der Waals surface area contributed by atoms with E-state index < -0.39 is 0 Å². The second kappa shape index (κ2) is 4.11. The molecule has 1 heteroatoms. The lowest BCUT2D eigenvalue weighted by Crippen LogP contribution is -1.96. The van der Waals surface area contributed by atoms with E-state index in [2.05, 4.69) is 66.0 Å². The summed E-state index contributed by atoms with van der Waals surface area (Å²) >= 11 is 0. The van der Waals surface area contributed by atoms with Gasteiger partial charge in [0.05, 0.1) is 0 Å². The standard InChI is InChI=1S/C15H15N/c1-3-7-12(8-4-1)11-14-15(16-14)13-9-5-2-6-10-13/h1-10,14-16H,11H2. The van der Waals surface area contributed by atoms with Gasteiger partial charge in [0.2, 0.25) is 0 Å². The summed E-state index contributed by atoms with van der Waals surface area (Å²) in [4.78, 5) is 0. The molecule has 0 spiro atoms. The molecule has 2 aromatic rings. The van der Waals surface area contributed by atoms with Crippen LogP contribution in [0, 0.1) is 0 Å². The smallest absolute Gasteiger partial charge is 0.0482 e. The number of hydrogen-bond acceptors (Lipinski definition) is 1. The van der Waals surface area contributed by atoms with E-state index in [1.165, 1.54) is 11.1 Å². The summed E-state index contributed by atoms with van der Waals surface area (Å²) in [5.74, 6) is 0. The van der Waals surface area contributed by atoms with Crippen molar-refractivity contribution in [3.8, 4) is 0 Å². The lowest BCUT2D eigenvalue weighted by atomic mass is 10.0. The molecule has 0 aromatic heterocycles. The van der Waals surface area contributed by atoms with Crippen molar-refractivity contribution in [2.45, 2.75) is 18.5 Å². The first-order valence-electron chi connectivity index (χ1n) is 5.78. The van der Waals surface area contributed by atoms with E-state index in [1.54, 1.807) is 0 Å². The Labute approximate surface area is 96.1 Å². The molecule has 1 aliphatic heterocycles. The Bertz CT molecular complexity index is 449. The zero-order chi connectivity index (χ0) is 10.8. The minimum Gasteiger partial charge on any atom is -0.304 e. The molecule has 16 heavy (non-hydrogen) atoms. The molecule has 0 radical (unpaired) electrons. The molecule has 2 unspecified atom stereocenters. The van der Waals surface area contributed by atoms with Crippen molar-refractivity contribution < 1.29 is 0 Å². The zero-order valence-electron chi connectivity index (χ0n) is 9.14. The lowest BCUT2D eigenvalue weighted by Gasteiger charge is -1.99. The minimum absolute atomic E-state index is 0.557. The van der Waals surface area contributed by atoms with Gasteiger partial charge in [-0.2, -0.15) is 0 Å². The summed E-state index contributed by atoms with van der Waals surface area (Å²) in [5, 5.41) is 3.53. The molecule has 1 N–H and O–H groups in total. The van der Waals surface area contributed by atoms with Crippen LogP contribution in [0.15, 0.2) is 60.7 Å². The first-order chi connectivity index (χ1) is 7.93. The second-order valence-electron chi connectivity index (χ2n) is 4.35. The highest BCUT2D eigenvalue weighted by Gasteiger charge is 2.36. The van der Waals surface area contributed by atoms with Gasteiger partial charge in [-0.3, -0.25) is 0 Å². The predicted molar refractivity (Wildman–Crippen MR) is 66.3 cm³/mol. The molecule has 0 aliphatic carbocycles. The normalized spacial score (nSPS) is 23.0. The monoisotopic (exact) mass is 209 g/mol. The first kappa shape index (κ1) is 9.61. The van der Waals surface area contributed by atoms with Gasteiger partial charge in [0.1, 0.15) is 0 Å². The molecule has 2 atom stereocenters.